The number of rotatable bonds is 3. The third-order valence-electron chi connectivity index (χ3n) is 1.03. The first-order valence-corrected chi connectivity index (χ1v) is 5.77. The van der Waals surface area contributed by atoms with Gasteiger partial charge in [-0.05, 0) is 0 Å². The Kier molecular flexibility index (Phi) is 12.3. The molecule has 0 aliphatic heterocycles. The van der Waals surface area contributed by atoms with Gasteiger partial charge < -0.3 is 0 Å². The molecule has 0 N–H and O–H groups in total. The molecule has 2 heteroatoms. The molecule has 0 fully saturated rings. The van der Waals surface area contributed by atoms with Crippen molar-refractivity contribution >= 4 is 8.80 Å². The first-order chi connectivity index (χ1) is 3.27. The molecular formula is C6H15NaSi. The van der Waals surface area contributed by atoms with Gasteiger partial charge in [-0.1, -0.05) is 19.8 Å². The van der Waals surface area contributed by atoms with Crippen LogP contribution in [0.5, 0.6) is 0 Å². The molecule has 0 spiro atoms. The van der Waals surface area contributed by atoms with Gasteiger partial charge in [0, 0.05) is 0 Å². The monoisotopic (exact) mass is 138 g/mol. The van der Waals surface area contributed by atoms with E-state index in [0.717, 1.165) is 0 Å². The van der Waals surface area contributed by atoms with Crippen molar-refractivity contribution in [2.24, 2.45) is 0 Å². The fraction of sp³-hybridized carbons (Fsp3) is 1.00. The summed E-state index contributed by atoms with van der Waals surface area (Å²) in [6.07, 6.45) is 2.82. The van der Waals surface area contributed by atoms with Gasteiger partial charge in [-0.15, -0.1) is 0 Å². The molecule has 0 rings (SSSR count). The maximum atomic E-state index is 2.38. The minimum atomic E-state index is 0. The third kappa shape index (κ3) is 10.2. The van der Waals surface area contributed by atoms with E-state index >= 15 is 0 Å². The molecule has 0 saturated heterocycles. The molecule has 0 bridgehead atoms. The van der Waals surface area contributed by atoms with Crippen LogP contribution in [0, 0.1) is 0 Å². The summed E-state index contributed by atoms with van der Waals surface area (Å²) in [7, 11) is 0.103. The molecule has 0 atom stereocenters. The van der Waals surface area contributed by atoms with E-state index < -0.39 is 0 Å². The zero-order valence-electron chi connectivity index (χ0n) is 6.62. The zero-order valence-corrected chi connectivity index (χ0v) is 9.62. The van der Waals surface area contributed by atoms with Gasteiger partial charge >= 0.3 is 29.6 Å². The normalized spacial score (nSPS) is 9.00. The van der Waals surface area contributed by atoms with E-state index in [2.05, 4.69) is 20.0 Å². The molecule has 8 heavy (non-hydrogen) atoms. The van der Waals surface area contributed by atoms with Crippen LogP contribution in [0.25, 0.3) is 0 Å². The topological polar surface area (TPSA) is 0 Å². The molecule has 0 aliphatic rings. The van der Waals surface area contributed by atoms with Crippen LogP contribution in [-0.2, 0) is 0 Å². The van der Waals surface area contributed by atoms with Crippen LogP contribution in [-0.4, -0.2) is 8.80 Å². The van der Waals surface area contributed by atoms with Crippen molar-refractivity contribution in [3.8, 4) is 0 Å². The first kappa shape index (κ1) is 11.9. The summed E-state index contributed by atoms with van der Waals surface area (Å²) in [5.41, 5.74) is 0. The average Bonchev–Trinajstić information content (AvgIpc) is 1.61. The summed E-state index contributed by atoms with van der Waals surface area (Å²) < 4.78 is 0. The predicted octanol–water partition coefficient (Wildman–Crippen LogP) is -0.455. The largest absolute Gasteiger partial charge is 1.00 e. The van der Waals surface area contributed by atoms with Gasteiger partial charge in [-0.25, -0.2) is 0 Å². The second-order valence-electron chi connectivity index (χ2n) is 2.31. The fourth-order valence-corrected chi connectivity index (χ4v) is 1.59. The first-order valence-electron chi connectivity index (χ1n) is 3.06. The maximum Gasteiger partial charge on any atom is 1.00 e. The number of hydrogen-bond donors (Lipinski definition) is 0. The molecule has 0 aliphatic carbocycles. The van der Waals surface area contributed by atoms with E-state index in [-0.39, 0.29) is 38.4 Å². The molecule has 0 saturated carbocycles. The second-order valence-corrected chi connectivity index (χ2v) is 5.22. The van der Waals surface area contributed by atoms with Gasteiger partial charge in [0.25, 0.3) is 0 Å². The van der Waals surface area contributed by atoms with Crippen molar-refractivity contribution in [3.05, 3.63) is 0 Å². The Balaban J connectivity index is 0. The maximum absolute atomic E-state index is 2.38. The third-order valence-corrected chi connectivity index (χ3v) is 2.38. The summed E-state index contributed by atoms with van der Waals surface area (Å²) in [5, 5.41) is 0. The predicted molar refractivity (Wildman–Crippen MR) is 37.2 cm³/mol. The Bertz CT molecular complexity index is 37.5. The van der Waals surface area contributed by atoms with Crippen molar-refractivity contribution in [2.45, 2.75) is 38.9 Å². The van der Waals surface area contributed by atoms with Gasteiger partial charge in [0.1, 0.15) is 0 Å². The molecule has 0 radical (unpaired) electrons. The van der Waals surface area contributed by atoms with E-state index in [0.29, 0.717) is 0 Å². The van der Waals surface area contributed by atoms with Crippen molar-refractivity contribution in [1.82, 2.24) is 0 Å². The van der Waals surface area contributed by atoms with Gasteiger partial charge in [0.15, 0.2) is 0 Å². The van der Waals surface area contributed by atoms with E-state index in [1.54, 1.807) is 0 Å². The van der Waals surface area contributed by atoms with Gasteiger partial charge in [0.05, 0.1) is 0 Å². The Hall–Kier alpha value is 1.22. The fourth-order valence-electron chi connectivity index (χ4n) is 0.530. The van der Waals surface area contributed by atoms with Crippen LogP contribution >= 0.6 is 0 Å². The minimum Gasteiger partial charge on any atom is -0.267 e. The molecule has 0 aromatic rings. The molecule has 0 heterocycles. The Morgan fingerprint density at radius 3 is 1.88 bits per heavy atom. The summed E-state index contributed by atoms with van der Waals surface area (Å²) in [6.45, 7) is 7.01. The van der Waals surface area contributed by atoms with Crippen molar-refractivity contribution < 1.29 is 29.6 Å². The van der Waals surface area contributed by atoms with Crippen LogP contribution in [0.4, 0.5) is 0 Å². The Morgan fingerprint density at radius 1 is 1.25 bits per heavy atom. The number of unbranched alkanes of at least 4 members (excludes halogenated alkanes) is 1. The zero-order chi connectivity index (χ0) is 5.70. The molecule has 0 aromatic carbocycles. The van der Waals surface area contributed by atoms with Crippen molar-refractivity contribution in [2.75, 3.05) is 0 Å². The molecule has 44 valence electrons. The van der Waals surface area contributed by atoms with E-state index in [1.165, 1.54) is 18.9 Å². The number of hydrogen-bond acceptors (Lipinski definition) is 0. The summed E-state index contributed by atoms with van der Waals surface area (Å²) in [5.74, 6) is 0. The van der Waals surface area contributed by atoms with Gasteiger partial charge in [-0.2, -0.15) is 19.1 Å². The smallest absolute Gasteiger partial charge is 0.267 e. The Morgan fingerprint density at radius 2 is 1.75 bits per heavy atom. The summed E-state index contributed by atoms with van der Waals surface area (Å²) >= 11 is 0. The molecular weight excluding hydrogens is 123 g/mol. The Labute approximate surface area is 77.0 Å². The van der Waals surface area contributed by atoms with Gasteiger partial charge in [0.2, 0.25) is 0 Å². The van der Waals surface area contributed by atoms with Crippen LogP contribution in [0.2, 0.25) is 19.1 Å². The van der Waals surface area contributed by atoms with Gasteiger partial charge in [-0.3, -0.25) is 8.80 Å². The van der Waals surface area contributed by atoms with Crippen LogP contribution in [0.1, 0.15) is 19.8 Å². The van der Waals surface area contributed by atoms with Crippen molar-refractivity contribution in [1.29, 1.82) is 0 Å². The average molecular weight is 138 g/mol. The van der Waals surface area contributed by atoms with E-state index in [9.17, 15) is 0 Å². The van der Waals surface area contributed by atoms with Crippen LogP contribution in [0.3, 0.4) is 0 Å². The van der Waals surface area contributed by atoms with Crippen LogP contribution < -0.4 is 29.6 Å². The SMILES string of the molecule is CCCC[Si-](C)C.[Na+]. The van der Waals surface area contributed by atoms with E-state index in [4.69, 9.17) is 0 Å². The second kappa shape index (κ2) is 8.22. The van der Waals surface area contributed by atoms with Crippen molar-refractivity contribution in [3.63, 3.8) is 0 Å². The molecule has 0 aromatic heterocycles. The molecule has 0 amide bonds. The molecule has 0 nitrogen and oxygen atoms in total. The summed E-state index contributed by atoms with van der Waals surface area (Å²) in [4.78, 5) is 0. The molecule has 0 unspecified atom stereocenters. The quantitative estimate of drug-likeness (QED) is 0.463. The summed E-state index contributed by atoms with van der Waals surface area (Å²) in [6, 6.07) is 1.50. The standard InChI is InChI=1S/C6H15Si.Na/c1-4-5-6-7(2)3;/h4-6H2,1-3H3;/q-1;+1. The van der Waals surface area contributed by atoms with E-state index in [1.807, 2.05) is 0 Å². The minimum absolute atomic E-state index is 0. The van der Waals surface area contributed by atoms with Crippen LogP contribution in [0.15, 0.2) is 0 Å².